The number of hydrogen-bond acceptors (Lipinski definition) is 4. The first-order valence-corrected chi connectivity index (χ1v) is 9.64. The van der Waals surface area contributed by atoms with Gasteiger partial charge in [0.25, 0.3) is 0 Å². The number of hydrogen-bond donors (Lipinski definition) is 1. The van der Waals surface area contributed by atoms with Gasteiger partial charge in [-0.05, 0) is 62.6 Å². The van der Waals surface area contributed by atoms with Gasteiger partial charge >= 0.3 is 0 Å². The Hall–Kier alpha value is -2.66. The van der Waals surface area contributed by atoms with Crippen LogP contribution in [0.25, 0.3) is 32.6 Å². The normalized spacial score (nSPS) is 11.9. The molecule has 0 saturated heterocycles. The number of anilines is 1. The lowest BCUT2D eigenvalue weighted by molar-refractivity contribution is 0.351. The molecule has 4 rings (SSSR count). The van der Waals surface area contributed by atoms with Crippen molar-refractivity contribution in [3.05, 3.63) is 42.4 Å². The summed E-state index contributed by atoms with van der Waals surface area (Å²) in [5, 5.41) is 8.43. The molecule has 4 aromatic rings. The molecule has 3 aromatic heterocycles. The number of nitrogens with one attached hydrogen (secondary N) is 1. The fourth-order valence-corrected chi connectivity index (χ4v) is 3.99. The molecule has 0 aliphatic heterocycles. The van der Waals surface area contributed by atoms with Crippen LogP contribution in [0, 0.1) is 6.92 Å². The van der Waals surface area contributed by atoms with Gasteiger partial charge in [-0.1, -0.05) is 6.92 Å². The van der Waals surface area contributed by atoms with Crippen molar-refractivity contribution in [2.75, 3.05) is 32.0 Å². The summed E-state index contributed by atoms with van der Waals surface area (Å²) in [6, 6.07) is 6.48. The Balaban J connectivity index is 1.79. The minimum absolute atomic E-state index is 0.921. The molecule has 3 heterocycles. The van der Waals surface area contributed by atoms with Gasteiger partial charge in [0.2, 0.25) is 0 Å². The van der Waals surface area contributed by atoms with E-state index in [9.17, 15) is 0 Å². The monoisotopic (exact) mass is 361 g/mol. The maximum Gasteiger partial charge on any atom is 0.133 e. The third kappa shape index (κ3) is 3.02. The van der Waals surface area contributed by atoms with E-state index < -0.39 is 0 Å². The van der Waals surface area contributed by atoms with E-state index in [0.29, 0.717) is 0 Å². The van der Waals surface area contributed by atoms with Crippen LogP contribution in [0.2, 0.25) is 0 Å². The van der Waals surface area contributed by atoms with E-state index in [1.807, 2.05) is 18.6 Å². The first-order valence-electron chi connectivity index (χ1n) is 9.64. The molecule has 5 heteroatoms. The molecule has 0 radical (unpaired) electrons. The molecule has 5 nitrogen and oxygen atoms in total. The Kier molecular flexibility index (Phi) is 4.70. The van der Waals surface area contributed by atoms with E-state index in [1.54, 1.807) is 0 Å². The summed E-state index contributed by atoms with van der Waals surface area (Å²) in [7, 11) is 4.29. The van der Waals surface area contributed by atoms with Gasteiger partial charge in [0.15, 0.2) is 0 Å². The number of aryl methyl sites for hydroxylation is 2. The van der Waals surface area contributed by atoms with E-state index >= 15 is 0 Å². The number of fused-ring (bicyclic) bond motifs is 4. The molecule has 0 unspecified atom stereocenters. The molecule has 1 aromatic carbocycles. The lowest BCUT2D eigenvalue weighted by Gasteiger charge is -2.15. The van der Waals surface area contributed by atoms with Gasteiger partial charge in [-0.25, -0.2) is 4.98 Å². The molecule has 0 bridgehead atoms. The van der Waals surface area contributed by atoms with Gasteiger partial charge in [0.05, 0.1) is 11.0 Å². The molecule has 0 fully saturated rings. The topological polar surface area (TPSA) is 46.0 Å². The molecule has 0 aliphatic rings. The van der Waals surface area contributed by atoms with Crippen molar-refractivity contribution in [3.63, 3.8) is 0 Å². The van der Waals surface area contributed by atoms with E-state index in [-0.39, 0.29) is 0 Å². The van der Waals surface area contributed by atoms with Gasteiger partial charge < -0.3 is 14.8 Å². The molecule has 0 aliphatic carbocycles. The Morgan fingerprint density at radius 2 is 1.96 bits per heavy atom. The van der Waals surface area contributed by atoms with Crippen LogP contribution in [-0.4, -0.2) is 46.1 Å². The van der Waals surface area contributed by atoms with Gasteiger partial charge in [-0.2, -0.15) is 0 Å². The van der Waals surface area contributed by atoms with Crippen LogP contribution in [-0.2, 0) is 7.05 Å². The Morgan fingerprint density at radius 1 is 1.11 bits per heavy atom. The van der Waals surface area contributed by atoms with Crippen LogP contribution in [0.5, 0.6) is 0 Å². The Bertz CT molecular complexity index is 1110. The lowest BCUT2D eigenvalue weighted by Crippen LogP contribution is -2.21. The zero-order valence-corrected chi connectivity index (χ0v) is 16.6. The summed E-state index contributed by atoms with van der Waals surface area (Å²) in [5.74, 6) is 0.970. The number of nitrogens with zero attached hydrogens (tertiary/aromatic N) is 4. The molecule has 0 spiro atoms. The molecule has 140 valence electrons. The minimum Gasteiger partial charge on any atom is -0.370 e. The largest absolute Gasteiger partial charge is 0.370 e. The smallest absolute Gasteiger partial charge is 0.133 e. The minimum atomic E-state index is 0.921. The fourth-order valence-electron chi connectivity index (χ4n) is 3.99. The molecule has 27 heavy (non-hydrogen) atoms. The number of aromatic nitrogens is 3. The number of pyridine rings is 2. The summed E-state index contributed by atoms with van der Waals surface area (Å²) in [6.45, 7) is 7.49. The second kappa shape index (κ2) is 7.16. The highest BCUT2D eigenvalue weighted by atomic mass is 15.1. The van der Waals surface area contributed by atoms with Gasteiger partial charge in [0, 0.05) is 48.3 Å². The van der Waals surface area contributed by atoms with Crippen LogP contribution in [0.3, 0.4) is 0 Å². The second-order valence-corrected chi connectivity index (χ2v) is 7.28. The molecule has 0 atom stereocenters. The third-order valence-corrected chi connectivity index (χ3v) is 5.63. The van der Waals surface area contributed by atoms with Crippen LogP contribution in [0.4, 0.5) is 5.82 Å². The Labute approximate surface area is 160 Å². The highest BCUT2D eigenvalue weighted by Gasteiger charge is 2.15. The van der Waals surface area contributed by atoms with Gasteiger partial charge in [-0.15, -0.1) is 0 Å². The molecular formula is C22H27N5. The van der Waals surface area contributed by atoms with E-state index in [4.69, 9.17) is 0 Å². The fraction of sp³-hybridized carbons (Fsp3) is 0.364. The van der Waals surface area contributed by atoms with Gasteiger partial charge in [-0.3, -0.25) is 4.98 Å². The molecule has 1 N–H and O–H groups in total. The summed E-state index contributed by atoms with van der Waals surface area (Å²) in [5.41, 5.74) is 3.77. The van der Waals surface area contributed by atoms with Crippen molar-refractivity contribution in [3.8, 4) is 0 Å². The van der Waals surface area contributed by atoms with E-state index in [2.05, 4.69) is 70.9 Å². The predicted molar refractivity (Wildman–Crippen MR) is 115 cm³/mol. The Morgan fingerprint density at radius 3 is 2.78 bits per heavy atom. The summed E-state index contributed by atoms with van der Waals surface area (Å²) >= 11 is 0. The zero-order valence-electron chi connectivity index (χ0n) is 16.6. The average molecular weight is 361 g/mol. The third-order valence-electron chi connectivity index (χ3n) is 5.63. The highest BCUT2D eigenvalue weighted by Crippen LogP contribution is 2.36. The maximum absolute atomic E-state index is 4.63. The summed E-state index contributed by atoms with van der Waals surface area (Å²) in [6.07, 6.45) is 6.83. The SMILES string of the molecule is CCN(C)CCCNc1nccc2c(C)c3c(cc12)c1cnccc1n3C. The molecule has 0 saturated carbocycles. The lowest BCUT2D eigenvalue weighted by atomic mass is 10.0. The van der Waals surface area contributed by atoms with Crippen molar-refractivity contribution in [2.24, 2.45) is 7.05 Å². The van der Waals surface area contributed by atoms with Crippen LogP contribution >= 0.6 is 0 Å². The van der Waals surface area contributed by atoms with Gasteiger partial charge in [0.1, 0.15) is 5.82 Å². The predicted octanol–water partition coefficient (Wildman–Crippen LogP) is 4.34. The van der Waals surface area contributed by atoms with Crippen molar-refractivity contribution in [1.29, 1.82) is 0 Å². The summed E-state index contributed by atoms with van der Waals surface area (Å²) in [4.78, 5) is 11.3. The first kappa shape index (κ1) is 17.7. The highest BCUT2D eigenvalue weighted by molar-refractivity contribution is 6.15. The molecule has 0 amide bonds. The van der Waals surface area contributed by atoms with Crippen molar-refractivity contribution < 1.29 is 0 Å². The zero-order chi connectivity index (χ0) is 19.0. The second-order valence-electron chi connectivity index (χ2n) is 7.28. The van der Waals surface area contributed by atoms with Crippen LogP contribution in [0.15, 0.2) is 36.8 Å². The van der Waals surface area contributed by atoms with Crippen molar-refractivity contribution in [1.82, 2.24) is 19.4 Å². The van der Waals surface area contributed by atoms with E-state index in [1.165, 1.54) is 38.1 Å². The first-order chi connectivity index (χ1) is 13.1. The van der Waals surface area contributed by atoms with E-state index in [0.717, 1.165) is 31.9 Å². The average Bonchev–Trinajstić information content (AvgIpc) is 2.98. The van der Waals surface area contributed by atoms with Crippen molar-refractivity contribution in [2.45, 2.75) is 20.3 Å². The van der Waals surface area contributed by atoms with Crippen molar-refractivity contribution >= 4 is 38.4 Å². The van der Waals surface area contributed by atoms with Crippen LogP contribution < -0.4 is 5.32 Å². The summed E-state index contributed by atoms with van der Waals surface area (Å²) < 4.78 is 2.27. The maximum atomic E-state index is 4.63. The number of benzene rings is 1. The number of rotatable bonds is 6. The quantitative estimate of drug-likeness (QED) is 0.519. The molecular weight excluding hydrogens is 334 g/mol. The standard InChI is InChI=1S/C22H27N5/c1-5-26(3)12-6-9-24-22-18-13-17-19-14-23-10-8-20(19)27(4)21(17)15(2)16(18)7-11-25-22/h7-8,10-11,13-14H,5-6,9,12H2,1-4H3,(H,24,25). The van der Waals surface area contributed by atoms with Crippen LogP contribution in [0.1, 0.15) is 18.9 Å².